The summed E-state index contributed by atoms with van der Waals surface area (Å²) in [7, 11) is 1.66. The zero-order valence-electron chi connectivity index (χ0n) is 11.5. The van der Waals surface area contributed by atoms with Gasteiger partial charge in [0.1, 0.15) is 11.9 Å². The topological polar surface area (TPSA) is 56.1 Å². The van der Waals surface area contributed by atoms with Crippen LogP contribution in [0.15, 0.2) is 18.2 Å². The van der Waals surface area contributed by atoms with Gasteiger partial charge in [-0.05, 0) is 43.6 Å². The number of hydrogen-bond donors (Lipinski definition) is 1. The maximum atomic E-state index is 13.2. The summed E-state index contributed by atoms with van der Waals surface area (Å²) in [6.07, 6.45) is 1.68. The predicted molar refractivity (Wildman–Crippen MR) is 73.2 cm³/mol. The first-order valence-electron chi connectivity index (χ1n) is 6.76. The Kier molecular flexibility index (Phi) is 4.70. The first-order valence-corrected chi connectivity index (χ1v) is 6.76. The lowest BCUT2D eigenvalue weighted by atomic mass is 9.95. The average molecular weight is 275 g/mol. The van der Waals surface area contributed by atoms with E-state index in [9.17, 15) is 9.18 Å². The van der Waals surface area contributed by atoms with Crippen molar-refractivity contribution in [2.75, 3.05) is 20.1 Å². The van der Waals surface area contributed by atoms with Crippen molar-refractivity contribution >= 4 is 5.91 Å². The van der Waals surface area contributed by atoms with Crippen molar-refractivity contribution in [2.24, 2.45) is 5.92 Å². The summed E-state index contributed by atoms with van der Waals surface area (Å²) in [4.78, 5) is 13.8. The van der Waals surface area contributed by atoms with E-state index < -0.39 is 5.82 Å². The van der Waals surface area contributed by atoms with E-state index in [0.29, 0.717) is 6.54 Å². The summed E-state index contributed by atoms with van der Waals surface area (Å²) in [6, 6.07) is 6.50. The SMILES string of the molecule is CNC(=O)C1CCN(Cc2ccc(F)c(C#N)c2)CC1. The van der Waals surface area contributed by atoms with Gasteiger partial charge in [-0.25, -0.2) is 4.39 Å². The minimum atomic E-state index is -0.477. The number of rotatable bonds is 3. The zero-order valence-corrected chi connectivity index (χ0v) is 11.5. The molecule has 0 saturated carbocycles. The standard InChI is InChI=1S/C15H18FN3O/c1-18-15(20)12-4-6-19(7-5-12)10-11-2-3-14(16)13(8-11)9-17/h2-3,8,12H,4-7,10H2,1H3,(H,18,20). The lowest BCUT2D eigenvalue weighted by Gasteiger charge is -2.31. The quantitative estimate of drug-likeness (QED) is 0.912. The maximum Gasteiger partial charge on any atom is 0.222 e. The minimum absolute atomic E-state index is 0.0859. The van der Waals surface area contributed by atoms with Gasteiger partial charge >= 0.3 is 0 Å². The molecule has 5 heteroatoms. The second kappa shape index (κ2) is 6.49. The molecule has 0 radical (unpaired) electrons. The zero-order chi connectivity index (χ0) is 14.5. The van der Waals surface area contributed by atoms with Crippen LogP contribution < -0.4 is 5.32 Å². The molecule has 1 N–H and O–H groups in total. The van der Waals surface area contributed by atoms with E-state index in [2.05, 4.69) is 10.2 Å². The smallest absolute Gasteiger partial charge is 0.222 e. The first kappa shape index (κ1) is 14.5. The van der Waals surface area contributed by atoms with Crippen LogP contribution >= 0.6 is 0 Å². The average Bonchev–Trinajstić information content (AvgIpc) is 2.49. The highest BCUT2D eigenvalue weighted by atomic mass is 19.1. The van der Waals surface area contributed by atoms with Gasteiger partial charge in [0, 0.05) is 19.5 Å². The summed E-state index contributed by atoms with van der Waals surface area (Å²) in [5.41, 5.74) is 1.02. The minimum Gasteiger partial charge on any atom is -0.359 e. The molecule has 1 aromatic carbocycles. The number of nitrogens with zero attached hydrogens (tertiary/aromatic N) is 2. The Labute approximate surface area is 118 Å². The van der Waals surface area contributed by atoms with E-state index in [-0.39, 0.29) is 17.4 Å². The number of benzene rings is 1. The van der Waals surface area contributed by atoms with Crippen molar-refractivity contribution < 1.29 is 9.18 Å². The van der Waals surface area contributed by atoms with Crippen LogP contribution in [0.3, 0.4) is 0 Å². The van der Waals surface area contributed by atoms with E-state index in [4.69, 9.17) is 5.26 Å². The van der Waals surface area contributed by atoms with Crippen LogP contribution in [0.1, 0.15) is 24.0 Å². The molecule has 1 amide bonds. The highest BCUT2D eigenvalue weighted by Gasteiger charge is 2.24. The van der Waals surface area contributed by atoms with Gasteiger partial charge in [0.05, 0.1) is 5.56 Å². The second-order valence-electron chi connectivity index (χ2n) is 5.09. The highest BCUT2D eigenvalue weighted by Crippen LogP contribution is 2.20. The van der Waals surface area contributed by atoms with Gasteiger partial charge in [-0.1, -0.05) is 6.07 Å². The third-order valence-electron chi connectivity index (χ3n) is 3.76. The molecular weight excluding hydrogens is 257 g/mol. The van der Waals surface area contributed by atoms with Crippen molar-refractivity contribution in [1.82, 2.24) is 10.2 Å². The molecule has 2 rings (SSSR count). The number of hydrogen-bond acceptors (Lipinski definition) is 3. The van der Waals surface area contributed by atoms with Crippen LogP contribution in [0.4, 0.5) is 4.39 Å². The largest absolute Gasteiger partial charge is 0.359 e. The molecule has 106 valence electrons. The van der Waals surface area contributed by atoms with Crippen molar-refractivity contribution in [3.63, 3.8) is 0 Å². The van der Waals surface area contributed by atoms with Gasteiger partial charge in [0.2, 0.25) is 5.91 Å². The molecule has 0 unspecified atom stereocenters. The Balaban J connectivity index is 1.93. The molecule has 0 aromatic heterocycles. The normalized spacial score (nSPS) is 16.6. The first-order chi connectivity index (χ1) is 9.63. The van der Waals surface area contributed by atoms with Gasteiger partial charge in [0.25, 0.3) is 0 Å². The van der Waals surface area contributed by atoms with Crippen molar-refractivity contribution in [3.8, 4) is 6.07 Å². The Bertz CT molecular complexity index is 530. The van der Waals surface area contributed by atoms with E-state index >= 15 is 0 Å². The molecule has 20 heavy (non-hydrogen) atoms. The Morgan fingerprint density at radius 1 is 1.50 bits per heavy atom. The molecule has 1 aliphatic heterocycles. The summed E-state index contributed by atoms with van der Waals surface area (Å²) in [5, 5.41) is 11.5. The third-order valence-corrected chi connectivity index (χ3v) is 3.76. The number of likely N-dealkylation sites (tertiary alicyclic amines) is 1. The molecule has 1 aliphatic rings. The number of amides is 1. The molecular formula is C15H18FN3O. The van der Waals surface area contributed by atoms with Crippen LogP contribution in [0, 0.1) is 23.1 Å². The summed E-state index contributed by atoms with van der Waals surface area (Å²) >= 11 is 0. The lowest BCUT2D eigenvalue weighted by Crippen LogP contribution is -2.39. The van der Waals surface area contributed by atoms with Crippen LogP contribution in [-0.2, 0) is 11.3 Å². The fourth-order valence-electron chi connectivity index (χ4n) is 2.57. The van der Waals surface area contributed by atoms with Gasteiger partial charge in [-0.15, -0.1) is 0 Å². The van der Waals surface area contributed by atoms with E-state index in [0.717, 1.165) is 31.5 Å². The fraction of sp³-hybridized carbons (Fsp3) is 0.467. The van der Waals surface area contributed by atoms with Crippen LogP contribution in [0.5, 0.6) is 0 Å². The lowest BCUT2D eigenvalue weighted by molar-refractivity contribution is -0.125. The van der Waals surface area contributed by atoms with E-state index in [1.54, 1.807) is 19.2 Å². The molecule has 1 fully saturated rings. The summed E-state index contributed by atoms with van der Waals surface area (Å²) in [6.45, 7) is 2.38. The Morgan fingerprint density at radius 2 is 2.20 bits per heavy atom. The molecule has 1 aromatic rings. The maximum absolute atomic E-state index is 13.2. The molecule has 0 atom stereocenters. The summed E-state index contributed by atoms with van der Waals surface area (Å²) < 4.78 is 13.2. The monoisotopic (exact) mass is 275 g/mol. The number of nitrogens with one attached hydrogen (secondary N) is 1. The molecule has 0 spiro atoms. The molecule has 1 heterocycles. The Morgan fingerprint density at radius 3 is 2.80 bits per heavy atom. The van der Waals surface area contributed by atoms with Gasteiger partial charge in [-0.3, -0.25) is 9.69 Å². The van der Waals surface area contributed by atoms with Gasteiger partial charge in [-0.2, -0.15) is 5.26 Å². The molecule has 0 aliphatic carbocycles. The number of carbonyl (C=O) groups is 1. The Hall–Kier alpha value is -1.93. The summed E-state index contributed by atoms with van der Waals surface area (Å²) in [5.74, 6) is -0.271. The van der Waals surface area contributed by atoms with Crippen molar-refractivity contribution in [1.29, 1.82) is 5.26 Å². The van der Waals surface area contributed by atoms with Crippen LogP contribution in [0.25, 0.3) is 0 Å². The highest BCUT2D eigenvalue weighted by molar-refractivity contribution is 5.78. The van der Waals surface area contributed by atoms with Gasteiger partial charge in [0.15, 0.2) is 0 Å². The van der Waals surface area contributed by atoms with Crippen LogP contribution in [-0.4, -0.2) is 30.9 Å². The number of halogens is 1. The van der Waals surface area contributed by atoms with Crippen molar-refractivity contribution in [3.05, 3.63) is 35.1 Å². The number of carbonyl (C=O) groups excluding carboxylic acids is 1. The fourth-order valence-corrected chi connectivity index (χ4v) is 2.57. The number of nitriles is 1. The third kappa shape index (κ3) is 3.34. The van der Waals surface area contributed by atoms with Gasteiger partial charge < -0.3 is 5.32 Å². The predicted octanol–water partition coefficient (Wildman–Crippen LogP) is 1.66. The number of piperidine rings is 1. The molecule has 0 bridgehead atoms. The van der Waals surface area contributed by atoms with Crippen LogP contribution in [0.2, 0.25) is 0 Å². The molecule has 4 nitrogen and oxygen atoms in total. The van der Waals surface area contributed by atoms with Crippen molar-refractivity contribution in [2.45, 2.75) is 19.4 Å². The van der Waals surface area contributed by atoms with E-state index in [1.807, 2.05) is 6.07 Å². The molecule has 1 saturated heterocycles. The second-order valence-corrected chi connectivity index (χ2v) is 5.09. The van der Waals surface area contributed by atoms with E-state index in [1.165, 1.54) is 6.07 Å².